The number of rotatable bonds is 7. The van der Waals surface area contributed by atoms with Gasteiger partial charge in [0, 0.05) is 26.7 Å². The zero-order valence-electron chi connectivity index (χ0n) is 17.8. The van der Waals surface area contributed by atoms with Crippen LogP contribution >= 0.6 is 24.0 Å². The fourth-order valence-electron chi connectivity index (χ4n) is 3.79. The van der Waals surface area contributed by atoms with Crippen molar-refractivity contribution in [1.82, 2.24) is 10.2 Å². The van der Waals surface area contributed by atoms with Gasteiger partial charge in [-0.25, -0.2) is 0 Å². The third kappa shape index (κ3) is 7.94. The van der Waals surface area contributed by atoms with Crippen molar-refractivity contribution in [3.63, 3.8) is 0 Å². The van der Waals surface area contributed by atoms with E-state index in [1.807, 2.05) is 25.2 Å². The van der Waals surface area contributed by atoms with Crippen molar-refractivity contribution in [1.29, 1.82) is 0 Å². The maximum Gasteiger partial charge on any atom is 0.193 e. The van der Waals surface area contributed by atoms with Crippen molar-refractivity contribution in [3.05, 3.63) is 29.8 Å². The maximum absolute atomic E-state index is 6.11. The van der Waals surface area contributed by atoms with Crippen LogP contribution in [0.4, 0.5) is 0 Å². The predicted molar refractivity (Wildman–Crippen MR) is 128 cm³/mol. The third-order valence-corrected chi connectivity index (χ3v) is 5.48. The zero-order valence-corrected chi connectivity index (χ0v) is 20.1. The van der Waals surface area contributed by atoms with Gasteiger partial charge in [-0.15, -0.1) is 24.0 Å². The number of benzene rings is 1. The summed E-state index contributed by atoms with van der Waals surface area (Å²) in [6.45, 7) is 6.98. The van der Waals surface area contributed by atoms with E-state index in [9.17, 15) is 0 Å². The highest BCUT2D eigenvalue weighted by molar-refractivity contribution is 14.0. The highest BCUT2D eigenvalue weighted by Crippen LogP contribution is 2.18. The quantitative estimate of drug-likeness (QED) is 0.259. The molecule has 0 radical (unpaired) electrons. The number of ether oxygens (including phenoxy) is 3. The molecule has 0 aromatic heterocycles. The summed E-state index contributed by atoms with van der Waals surface area (Å²) in [5.74, 6) is 1.89. The molecule has 7 heteroatoms. The van der Waals surface area contributed by atoms with Crippen LogP contribution in [0.2, 0.25) is 0 Å². The fourth-order valence-corrected chi connectivity index (χ4v) is 3.79. The average Bonchev–Trinajstić information content (AvgIpc) is 2.75. The molecule has 0 bridgehead atoms. The molecule has 2 fully saturated rings. The number of halogens is 1. The molecule has 0 aliphatic carbocycles. The third-order valence-electron chi connectivity index (χ3n) is 5.48. The molecule has 164 valence electrons. The largest absolute Gasteiger partial charge is 0.491 e. The lowest BCUT2D eigenvalue weighted by Gasteiger charge is -2.35. The minimum atomic E-state index is 0. The Kier molecular flexibility index (Phi) is 11.1. The molecule has 0 saturated carbocycles. The number of hydrogen-bond donors (Lipinski definition) is 1. The summed E-state index contributed by atoms with van der Waals surface area (Å²) in [5, 5.41) is 3.42. The molecule has 2 aliphatic heterocycles. The lowest BCUT2D eigenvalue weighted by molar-refractivity contribution is -0.0721. The van der Waals surface area contributed by atoms with Crippen LogP contribution in [0, 0.1) is 6.92 Å². The molecule has 0 amide bonds. The molecule has 2 heterocycles. The molecule has 0 spiro atoms. The molecule has 1 aromatic rings. The van der Waals surface area contributed by atoms with Gasteiger partial charge in [0.1, 0.15) is 12.4 Å². The number of hydrogen-bond acceptors (Lipinski definition) is 4. The molecule has 1 N–H and O–H groups in total. The van der Waals surface area contributed by atoms with Crippen molar-refractivity contribution in [2.45, 2.75) is 51.2 Å². The topological polar surface area (TPSA) is 55.3 Å². The highest BCUT2D eigenvalue weighted by atomic mass is 127. The van der Waals surface area contributed by atoms with Crippen LogP contribution in [0.5, 0.6) is 5.75 Å². The second-order valence-electron chi connectivity index (χ2n) is 7.60. The Bertz CT molecular complexity index is 615. The number of para-hydroxylation sites is 1. The SMILES string of the molecule is CN=C(NCCOc1ccccc1C)N1CCC(OCC2CCCCO2)CC1.I. The highest BCUT2D eigenvalue weighted by Gasteiger charge is 2.23. The minimum Gasteiger partial charge on any atom is -0.491 e. The van der Waals surface area contributed by atoms with Crippen molar-refractivity contribution in [3.8, 4) is 5.75 Å². The Labute approximate surface area is 192 Å². The fraction of sp³-hybridized carbons (Fsp3) is 0.682. The number of nitrogens with zero attached hydrogens (tertiary/aromatic N) is 2. The van der Waals surface area contributed by atoms with Gasteiger partial charge in [-0.2, -0.15) is 0 Å². The minimum absolute atomic E-state index is 0. The first kappa shape index (κ1) is 24.2. The lowest BCUT2D eigenvalue weighted by atomic mass is 10.1. The van der Waals surface area contributed by atoms with Gasteiger partial charge in [0.25, 0.3) is 0 Å². The summed E-state index contributed by atoms with van der Waals surface area (Å²) in [7, 11) is 1.84. The molecule has 1 aromatic carbocycles. The van der Waals surface area contributed by atoms with E-state index in [1.165, 1.54) is 12.8 Å². The van der Waals surface area contributed by atoms with Gasteiger partial charge in [0.2, 0.25) is 0 Å². The molecule has 2 saturated heterocycles. The van der Waals surface area contributed by atoms with E-state index in [1.54, 1.807) is 0 Å². The van der Waals surface area contributed by atoms with Crippen molar-refractivity contribution in [2.24, 2.45) is 4.99 Å². The Morgan fingerprint density at radius 3 is 2.69 bits per heavy atom. The van der Waals surface area contributed by atoms with Crippen LogP contribution in [-0.4, -0.2) is 69.6 Å². The van der Waals surface area contributed by atoms with Gasteiger partial charge in [-0.1, -0.05) is 18.2 Å². The van der Waals surface area contributed by atoms with Crippen LogP contribution in [0.25, 0.3) is 0 Å². The van der Waals surface area contributed by atoms with Crippen molar-refractivity contribution < 1.29 is 14.2 Å². The van der Waals surface area contributed by atoms with E-state index in [-0.39, 0.29) is 24.0 Å². The first-order valence-corrected chi connectivity index (χ1v) is 10.6. The van der Waals surface area contributed by atoms with E-state index in [4.69, 9.17) is 14.2 Å². The van der Waals surface area contributed by atoms with Gasteiger partial charge >= 0.3 is 0 Å². The monoisotopic (exact) mass is 517 g/mol. The van der Waals surface area contributed by atoms with Gasteiger partial charge < -0.3 is 24.4 Å². The number of aliphatic imine (C=N–C) groups is 1. The molecule has 2 aliphatic rings. The van der Waals surface area contributed by atoms with E-state index in [0.717, 1.165) is 69.4 Å². The zero-order chi connectivity index (χ0) is 19.6. The number of likely N-dealkylation sites (tertiary alicyclic amines) is 1. The summed E-state index contributed by atoms with van der Waals surface area (Å²) >= 11 is 0. The van der Waals surface area contributed by atoms with Crippen LogP contribution in [0.1, 0.15) is 37.7 Å². The average molecular weight is 517 g/mol. The Morgan fingerprint density at radius 1 is 1.21 bits per heavy atom. The van der Waals surface area contributed by atoms with Crippen molar-refractivity contribution in [2.75, 3.05) is 46.5 Å². The normalized spacial score (nSPS) is 20.8. The summed E-state index contributed by atoms with van der Waals surface area (Å²) < 4.78 is 17.7. The molecule has 3 rings (SSSR count). The molecular formula is C22H36IN3O3. The summed E-state index contributed by atoms with van der Waals surface area (Å²) in [4.78, 5) is 6.74. The summed E-state index contributed by atoms with van der Waals surface area (Å²) in [6.07, 6.45) is 6.30. The lowest BCUT2D eigenvalue weighted by Crippen LogP contribution is -2.48. The van der Waals surface area contributed by atoms with Gasteiger partial charge in [-0.05, 0) is 50.7 Å². The predicted octanol–water partition coefficient (Wildman–Crippen LogP) is 3.62. The Balaban J connectivity index is 0.00000300. The maximum atomic E-state index is 6.11. The van der Waals surface area contributed by atoms with Gasteiger partial charge in [0.15, 0.2) is 5.96 Å². The van der Waals surface area contributed by atoms with E-state index in [0.29, 0.717) is 18.8 Å². The van der Waals surface area contributed by atoms with Gasteiger partial charge in [-0.3, -0.25) is 4.99 Å². The number of nitrogens with one attached hydrogen (secondary N) is 1. The summed E-state index contributed by atoms with van der Waals surface area (Å²) in [6, 6.07) is 8.10. The van der Waals surface area contributed by atoms with E-state index >= 15 is 0 Å². The van der Waals surface area contributed by atoms with Crippen molar-refractivity contribution >= 4 is 29.9 Å². The van der Waals surface area contributed by atoms with Crippen LogP contribution in [-0.2, 0) is 9.47 Å². The first-order chi connectivity index (χ1) is 13.8. The number of guanidine groups is 1. The Hall–Kier alpha value is -1.06. The van der Waals surface area contributed by atoms with Crippen LogP contribution in [0.3, 0.4) is 0 Å². The number of aryl methyl sites for hydroxylation is 1. The molecule has 29 heavy (non-hydrogen) atoms. The van der Waals surface area contributed by atoms with Gasteiger partial charge in [0.05, 0.1) is 25.4 Å². The Morgan fingerprint density at radius 2 is 2.00 bits per heavy atom. The molecular weight excluding hydrogens is 481 g/mol. The molecule has 6 nitrogen and oxygen atoms in total. The summed E-state index contributed by atoms with van der Waals surface area (Å²) in [5.41, 5.74) is 1.16. The molecule has 1 unspecified atom stereocenters. The standard InChI is InChI=1S/C22H35N3O3.HI/c1-18-7-3-4-9-21(18)27-16-12-24-22(23-2)25-13-10-19(11-14-25)28-17-20-8-5-6-15-26-20;/h3-4,7,9,19-20H,5-6,8,10-17H2,1-2H3,(H,23,24);1H. The second kappa shape index (κ2) is 13.3. The van der Waals surface area contributed by atoms with E-state index < -0.39 is 0 Å². The van der Waals surface area contributed by atoms with Crippen LogP contribution < -0.4 is 10.1 Å². The second-order valence-corrected chi connectivity index (χ2v) is 7.60. The van der Waals surface area contributed by atoms with Crippen LogP contribution in [0.15, 0.2) is 29.3 Å². The van der Waals surface area contributed by atoms with E-state index in [2.05, 4.69) is 28.2 Å². The smallest absolute Gasteiger partial charge is 0.193 e. The first-order valence-electron chi connectivity index (χ1n) is 10.6. The molecule has 1 atom stereocenters. The number of piperidine rings is 1.